The highest BCUT2D eigenvalue weighted by molar-refractivity contribution is 6.16. The first-order valence-corrected chi connectivity index (χ1v) is 10.8. The molecule has 0 radical (unpaired) electrons. The number of nitrogens with zero attached hydrogens (tertiary/aromatic N) is 1. The highest BCUT2D eigenvalue weighted by atomic mass is 16.5. The third kappa shape index (κ3) is 3.46. The fraction of sp³-hybridized carbons (Fsp3) is 0.185. The van der Waals surface area contributed by atoms with E-state index in [4.69, 9.17) is 13.6 Å². The zero-order chi connectivity index (χ0) is 24.0. The second-order valence-electron chi connectivity index (χ2n) is 8.36. The van der Waals surface area contributed by atoms with Crippen molar-refractivity contribution in [3.8, 4) is 5.75 Å². The number of amides is 1. The fourth-order valence-corrected chi connectivity index (χ4v) is 4.39. The van der Waals surface area contributed by atoms with E-state index < -0.39 is 23.5 Å². The normalized spacial score (nSPS) is 16.0. The van der Waals surface area contributed by atoms with E-state index in [2.05, 4.69) is 0 Å². The number of ether oxygens (including phenoxy) is 1. The summed E-state index contributed by atoms with van der Waals surface area (Å²) < 4.78 is 16.8. The maximum absolute atomic E-state index is 13.6. The number of aryl methyl sites for hydroxylation is 2. The molecule has 1 aliphatic rings. The quantitative estimate of drug-likeness (QED) is 0.388. The Morgan fingerprint density at radius 2 is 1.94 bits per heavy atom. The summed E-state index contributed by atoms with van der Waals surface area (Å²) in [6.45, 7) is 4.13. The zero-order valence-corrected chi connectivity index (χ0v) is 19.0. The highest BCUT2D eigenvalue weighted by Gasteiger charge is 2.46. The number of methoxy groups -OCH3 is 1. The van der Waals surface area contributed by atoms with E-state index >= 15 is 0 Å². The molecule has 0 bridgehead atoms. The summed E-state index contributed by atoms with van der Waals surface area (Å²) in [7, 11) is 1.51. The van der Waals surface area contributed by atoms with Crippen molar-refractivity contribution >= 4 is 22.7 Å². The molecule has 172 valence electrons. The Balaban J connectivity index is 1.59. The standard InChI is InChI=1S/C27H23NO6/c1-15-9-10-16(2)18(12-15)14-28-23(19-8-5-11-33-19)22(25(30)27(28)31)24(29)21-13-17-6-4-7-20(32-3)26(17)34-21/h4-13,23,30H,14H2,1-3H3. The number of Topliss-reactive ketones (excluding diaryl/α,β-unsaturated/α-hetero) is 1. The van der Waals surface area contributed by atoms with Gasteiger partial charge in [-0.1, -0.05) is 35.9 Å². The molecular formula is C27H23NO6. The first-order valence-electron chi connectivity index (χ1n) is 10.8. The lowest BCUT2D eigenvalue weighted by molar-refractivity contribution is -0.130. The minimum atomic E-state index is -0.898. The minimum absolute atomic E-state index is 0.000933. The fourth-order valence-electron chi connectivity index (χ4n) is 4.39. The van der Waals surface area contributed by atoms with Crippen LogP contribution in [0.3, 0.4) is 0 Å². The number of aliphatic hydroxyl groups excluding tert-OH is 1. The summed E-state index contributed by atoms with van der Waals surface area (Å²) in [5.41, 5.74) is 3.30. The number of hydrogen-bond acceptors (Lipinski definition) is 6. The van der Waals surface area contributed by atoms with Crippen LogP contribution in [0.1, 0.15) is 39.0 Å². The second kappa shape index (κ2) is 8.26. The predicted octanol–water partition coefficient (Wildman–Crippen LogP) is 5.43. The summed E-state index contributed by atoms with van der Waals surface area (Å²) in [5.74, 6) is -0.979. The van der Waals surface area contributed by atoms with Gasteiger partial charge in [-0.15, -0.1) is 0 Å². The van der Waals surface area contributed by atoms with Crippen molar-refractivity contribution in [2.24, 2.45) is 0 Å². The third-order valence-corrected chi connectivity index (χ3v) is 6.16. The van der Waals surface area contributed by atoms with Gasteiger partial charge in [0.25, 0.3) is 5.91 Å². The van der Waals surface area contributed by atoms with Crippen LogP contribution in [0.25, 0.3) is 11.0 Å². The van der Waals surface area contributed by atoms with Gasteiger partial charge in [0, 0.05) is 11.9 Å². The lowest BCUT2D eigenvalue weighted by atomic mass is 9.98. The van der Waals surface area contributed by atoms with Gasteiger partial charge in [-0.2, -0.15) is 0 Å². The van der Waals surface area contributed by atoms with E-state index in [0.29, 0.717) is 22.5 Å². The molecule has 2 aromatic heterocycles. The van der Waals surface area contributed by atoms with Crippen LogP contribution in [-0.2, 0) is 11.3 Å². The van der Waals surface area contributed by atoms with Gasteiger partial charge in [-0.25, -0.2) is 0 Å². The van der Waals surface area contributed by atoms with Crippen LogP contribution in [0.15, 0.2) is 81.0 Å². The number of aliphatic hydroxyl groups is 1. The molecule has 7 heteroatoms. The van der Waals surface area contributed by atoms with Crippen LogP contribution in [0.2, 0.25) is 0 Å². The van der Waals surface area contributed by atoms with Crippen LogP contribution in [0.4, 0.5) is 0 Å². The van der Waals surface area contributed by atoms with Crippen molar-refractivity contribution in [3.05, 3.63) is 100 Å². The van der Waals surface area contributed by atoms with Gasteiger partial charge in [-0.05, 0) is 49.2 Å². The van der Waals surface area contributed by atoms with Gasteiger partial charge in [0.05, 0.1) is 18.9 Å². The first kappa shape index (κ1) is 21.6. The number of carbonyl (C=O) groups is 2. The van der Waals surface area contributed by atoms with Crippen molar-refractivity contribution in [2.75, 3.05) is 7.11 Å². The van der Waals surface area contributed by atoms with E-state index in [1.165, 1.54) is 18.3 Å². The van der Waals surface area contributed by atoms with Crippen molar-refractivity contribution < 1.29 is 28.3 Å². The average molecular weight is 457 g/mol. The van der Waals surface area contributed by atoms with E-state index in [9.17, 15) is 14.7 Å². The molecular weight excluding hydrogens is 434 g/mol. The second-order valence-corrected chi connectivity index (χ2v) is 8.36. The summed E-state index contributed by atoms with van der Waals surface area (Å²) in [5, 5.41) is 11.5. The Morgan fingerprint density at radius 1 is 1.12 bits per heavy atom. The summed E-state index contributed by atoms with van der Waals surface area (Å²) in [4.78, 5) is 28.3. The molecule has 1 amide bonds. The van der Waals surface area contributed by atoms with Gasteiger partial charge in [0.2, 0.25) is 5.78 Å². The van der Waals surface area contributed by atoms with Crippen LogP contribution >= 0.6 is 0 Å². The van der Waals surface area contributed by atoms with Gasteiger partial charge >= 0.3 is 0 Å². The summed E-state index contributed by atoms with van der Waals surface area (Å²) >= 11 is 0. The molecule has 0 fully saturated rings. The maximum Gasteiger partial charge on any atom is 0.290 e. The Kier molecular flexibility index (Phi) is 5.24. The molecule has 2 aromatic carbocycles. The molecule has 0 aliphatic carbocycles. The predicted molar refractivity (Wildman–Crippen MR) is 125 cm³/mol. The maximum atomic E-state index is 13.6. The molecule has 1 atom stereocenters. The molecule has 0 saturated heterocycles. The molecule has 1 N–H and O–H groups in total. The largest absolute Gasteiger partial charge is 0.503 e. The van der Waals surface area contributed by atoms with Crippen molar-refractivity contribution in [1.82, 2.24) is 4.90 Å². The Bertz CT molecular complexity index is 1440. The van der Waals surface area contributed by atoms with Crippen LogP contribution in [0, 0.1) is 13.8 Å². The molecule has 7 nitrogen and oxygen atoms in total. The number of para-hydroxylation sites is 1. The van der Waals surface area contributed by atoms with E-state index in [1.807, 2.05) is 32.0 Å². The van der Waals surface area contributed by atoms with Gasteiger partial charge < -0.3 is 23.6 Å². The lowest BCUT2D eigenvalue weighted by Crippen LogP contribution is -2.30. The van der Waals surface area contributed by atoms with Gasteiger partial charge in [0.1, 0.15) is 11.8 Å². The van der Waals surface area contributed by atoms with Crippen LogP contribution in [0.5, 0.6) is 5.75 Å². The van der Waals surface area contributed by atoms with Crippen molar-refractivity contribution in [2.45, 2.75) is 26.4 Å². The van der Waals surface area contributed by atoms with Gasteiger partial charge in [-0.3, -0.25) is 9.59 Å². The minimum Gasteiger partial charge on any atom is -0.503 e. The topological polar surface area (TPSA) is 93.1 Å². The van der Waals surface area contributed by atoms with Crippen LogP contribution < -0.4 is 4.74 Å². The third-order valence-electron chi connectivity index (χ3n) is 6.16. The first-order chi connectivity index (χ1) is 16.4. The van der Waals surface area contributed by atoms with Crippen molar-refractivity contribution in [1.29, 1.82) is 0 Å². The number of fused-ring (bicyclic) bond motifs is 1. The monoisotopic (exact) mass is 457 g/mol. The summed E-state index contributed by atoms with van der Waals surface area (Å²) in [6, 6.07) is 15.3. The smallest absolute Gasteiger partial charge is 0.290 e. The number of furan rings is 2. The van der Waals surface area contributed by atoms with Crippen molar-refractivity contribution in [3.63, 3.8) is 0 Å². The van der Waals surface area contributed by atoms with E-state index in [-0.39, 0.29) is 17.9 Å². The molecule has 1 aliphatic heterocycles. The number of hydrogen-bond donors (Lipinski definition) is 1. The molecule has 0 spiro atoms. The number of carbonyl (C=O) groups excluding carboxylic acids is 2. The number of rotatable bonds is 6. The molecule has 1 unspecified atom stereocenters. The Labute approximate surface area is 195 Å². The highest BCUT2D eigenvalue weighted by Crippen LogP contribution is 2.41. The molecule has 34 heavy (non-hydrogen) atoms. The lowest BCUT2D eigenvalue weighted by Gasteiger charge is -2.25. The molecule has 5 rings (SSSR count). The zero-order valence-electron chi connectivity index (χ0n) is 19.0. The molecule has 4 aromatic rings. The number of ketones is 1. The summed E-state index contributed by atoms with van der Waals surface area (Å²) in [6.07, 6.45) is 1.47. The number of benzene rings is 2. The molecule has 0 saturated carbocycles. The van der Waals surface area contributed by atoms with Gasteiger partial charge in [0.15, 0.2) is 22.9 Å². The SMILES string of the molecule is COc1cccc2cc(C(=O)C3=C(O)C(=O)N(Cc4cc(C)ccc4C)C3c3ccco3)oc12. The average Bonchev–Trinajstić information content (AvgIpc) is 3.56. The Hall–Kier alpha value is -4.26. The van der Waals surface area contributed by atoms with E-state index in [1.54, 1.807) is 36.4 Å². The molecule has 3 heterocycles. The van der Waals surface area contributed by atoms with Crippen LogP contribution in [-0.4, -0.2) is 28.8 Å². The van der Waals surface area contributed by atoms with E-state index in [0.717, 1.165) is 16.7 Å². The Morgan fingerprint density at radius 3 is 2.68 bits per heavy atom.